The maximum Gasteiger partial charge on any atom is 0.332 e. The molecule has 150 valence electrons. The maximum atomic E-state index is 12.9. The number of fused-ring (bicyclic) bond motifs is 1. The van der Waals surface area contributed by atoms with E-state index in [2.05, 4.69) is 23.3 Å². The van der Waals surface area contributed by atoms with E-state index >= 15 is 0 Å². The van der Waals surface area contributed by atoms with Crippen molar-refractivity contribution in [3.63, 3.8) is 0 Å². The van der Waals surface area contributed by atoms with Gasteiger partial charge in [-0.1, -0.05) is 32.6 Å². The normalized spacial score (nSPS) is 18.4. The summed E-state index contributed by atoms with van der Waals surface area (Å²) in [5, 5.41) is 0. The SMILES string of the molecule is CCCCCCn1c(CN2CCCC[C@@H]2C)nc2c1c(=O)n(C)c(=O)n2C. The van der Waals surface area contributed by atoms with Gasteiger partial charge in [0.1, 0.15) is 5.82 Å². The van der Waals surface area contributed by atoms with Crippen LogP contribution in [0.5, 0.6) is 0 Å². The van der Waals surface area contributed by atoms with Gasteiger partial charge < -0.3 is 4.57 Å². The molecule has 0 amide bonds. The Morgan fingerprint density at radius 3 is 2.56 bits per heavy atom. The highest BCUT2D eigenvalue weighted by Gasteiger charge is 2.23. The van der Waals surface area contributed by atoms with Gasteiger partial charge in [-0.3, -0.25) is 18.8 Å². The van der Waals surface area contributed by atoms with Crippen molar-refractivity contribution >= 4 is 11.2 Å². The number of piperidine rings is 1. The van der Waals surface area contributed by atoms with Crippen LogP contribution in [0.4, 0.5) is 0 Å². The summed E-state index contributed by atoms with van der Waals surface area (Å²) in [5.74, 6) is 0.911. The molecular weight excluding hydrogens is 342 g/mol. The summed E-state index contributed by atoms with van der Waals surface area (Å²) in [7, 11) is 3.25. The van der Waals surface area contributed by atoms with Crippen LogP contribution in [0.15, 0.2) is 9.59 Å². The number of unbranched alkanes of at least 4 members (excludes halogenated alkanes) is 3. The second kappa shape index (κ2) is 8.42. The lowest BCUT2D eigenvalue weighted by Crippen LogP contribution is -2.38. The summed E-state index contributed by atoms with van der Waals surface area (Å²) in [6.07, 6.45) is 8.23. The summed E-state index contributed by atoms with van der Waals surface area (Å²) in [6, 6.07) is 0.527. The van der Waals surface area contributed by atoms with Crippen molar-refractivity contribution in [3.8, 4) is 0 Å². The average molecular weight is 376 g/mol. The summed E-state index contributed by atoms with van der Waals surface area (Å²) >= 11 is 0. The zero-order valence-corrected chi connectivity index (χ0v) is 17.2. The Labute approximate surface area is 160 Å². The molecule has 0 unspecified atom stereocenters. The van der Waals surface area contributed by atoms with Gasteiger partial charge >= 0.3 is 5.69 Å². The van der Waals surface area contributed by atoms with Crippen LogP contribution < -0.4 is 11.2 Å². The molecule has 0 N–H and O–H groups in total. The minimum Gasteiger partial charge on any atom is -0.321 e. The minimum absolute atomic E-state index is 0.242. The number of imidazole rings is 1. The molecule has 2 aromatic heterocycles. The summed E-state index contributed by atoms with van der Waals surface area (Å²) in [4.78, 5) is 32.4. The van der Waals surface area contributed by atoms with Gasteiger partial charge in [0.25, 0.3) is 5.56 Å². The summed E-state index contributed by atoms with van der Waals surface area (Å²) in [5.41, 5.74) is 0.518. The highest BCUT2D eigenvalue weighted by molar-refractivity contribution is 5.71. The van der Waals surface area contributed by atoms with E-state index < -0.39 is 0 Å². The van der Waals surface area contributed by atoms with E-state index in [1.165, 1.54) is 41.2 Å². The van der Waals surface area contributed by atoms with Gasteiger partial charge in [0.15, 0.2) is 11.2 Å². The van der Waals surface area contributed by atoms with Gasteiger partial charge in [-0.05, 0) is 32.7 Å². The molecule has 1 fully saturated rings. The van der Waals surface area contributed by atoms with Gasteiger partial charge in [-0.25, -0.2) is 9.78 Å². The Bertz CT molecular complexity index is 908. The van der Waals surface area contributed by atoms with Crippen LogP contribution >= 0.6 is 0 Å². The van der Waals surface area contributed by atoms with Gasteiger partial charge in [-0.2, -0.15) is 0 Å². The van der Waals surface area contributed by atoms with E-state index in [1.807, 2.05) is 0 Å². The van der Waals surface area contributed by atoms with Crippen LogP contribution in [0.1, 0.15) is 64.6 Å². The molecule has 0 aromatic carbocycles. The fraction of sp³-hybridized carbons (Fsp3) is 0.750. The molecule has 1 aliphatic heterocycles. The Hall–Kier alpha value is -1.89. The lowest BCUT2D eigenvalue weighted by molar-refractivity contribution is 0.147. The Morgan fingerprint density at radius 2 is 1.85 bits per heavy atom. The quantitative estimate of drug-likeness (QED) is 0.697. The third-order valence-electron chi connectivity index (χ3n) is 5.95. The molecule has 1 saturated heterocycles. The average Bonchev–Trinajstić information content (AvgIpc) is 3.02. The molecular formula is C20H33N5O2. The molecule has 27 heavy (non-hydrogen) atoms. The lowest BCUT2D eigenvalue weighted by Gasteiger charge is -2.33. The topological polar surface area (TPSA) is 65.1 Å². The number of hydrogen-bond donors (Lipinski definition) is 0. The second-order valence-electron chi connectivity index (χ2n) is 7.93. The van der Waals surface area contributed by atoms with Crippen molar-refractivity contribution < 1.29 is 0 Å². The molecule has 1 aliphatic rings. The molecule has 0 aliphatic carbocycles. The molecule has 0 saturated carbocycles. The standard InChI is InChI=1S/C20H33N5O2/c1-5-6-7-9-13-25-16(14-24-12-10-8-11-15(24)2)21-18-17(25)19(26)23(4)20(27)22(18)3/h15H,5-14H2,1-4H3/t15-/m0/s1. The predicted octanol–water partition coefficient (Wildman–Crippen LogP) is 2.39. The molecule has 0 spiro atoms. The molecule has 0 bridgehead atoms. The van der Waals surface area contributed by atoms with E-state index in [4.69, 9.17) is 4.98 Å². The third-order valence-corrected chi connectivity index (χ3v) is 5.95. The fourth-order valence-corrected chi connectivity index (χ4v) is 4.12. The van der Waals surface area contributed by atoms with Crippen molar-refractivity contribution in [2.24, 2.45) is 14.1 Å². The molecule has 7 nitrogen and oxygen atoms in total. The fourth-order valence-electron chi connectivity index (χ4n) is 4.12. The van der Waals surface area contributed by atoms with E-state index in [1.54, 1.807) is 14.1 Å². The van der Waals surface area contributed by atoms with Crippen LogP contribution in [0.2, 0.25) is 0 Å². The number of aryl methyl sites for hydroxylation is 2. The number of rotatable bonds is 7. The Balaban J connectivity index is 2.04. The highest BCUT2D eigenvalue weighted by atomic mass is 16.2. The summed E-state index contributed by atoms with van der Waals surface area (Å²) < 4.78 is 4.77. The maximum absolute atomic E-state index is 12.9. The molecule has 0 radical (unpaired) electrons. The van der Waals surface area contributed by atoms with Gasteiger partial charge in [-0.15, -0.1) is 0 Å². The van der Waals surface area contributed by atoms with Crippen molar-refractivity contribution in [1.82, 2.24) is 23.6 Å². The van der Waals surface area contributed by atoms with Crippen molar-refractivity contribution in [2.45, 2.75) is 77.9 Å². The first kappa shape index (κ1) is 19.9. The van der Waals surface area contributed by atoms with Gasteiger partial charge in [0.05, 0.1) is 6.54 Å². The minimum atomic E-state index is -0.318. The Morgan fingerprint density at radius 1 is 1.07 bits per heavy atom. The molecule has 3 heterocycles. The van der Waals surface area contributed by atoms with Crippen molar-refractivity contribution in [3.05, 3.63) is 26.7 Å². The second-order valence-corrected chi connectivity index (χ2v) is 7.93. The number of likely N-dealkylation sites (tertiary alicyclic amines) is 1. The first-order valence-corrected chi connectivity index (χ1v) is 10.3. The largest absolute Gasteiger partial charge is 0.332 e. The zero-order valence-electron chi connectivity index (χ0n) is 17.2. The summed E-state index contributed by atoms with van der Waals surface area (Å²) in [6.45, 7) is 7.04. The predicted molar refractivity (Wildman–Crippen MR) is 108 cm³/mol. The van der Waals surface area contributed by atoms with Crippen LogP contribution in [0, 0.1) is 0 Å². The molecule has 2 aromatic rings. The zero-order chi connectivity index (χ0) is 19.6. The van der Waals surface area contributed by atoms with Crippen LogP contribution in [0.25, 0.3) is 11.2 Å². The number of hydrogen-bond acceptors (Lipinski definition) is 4. The molecule has 1 atom stereocenters. The van der Waals surface area contributed by atoms with E-state index in [-0.39, 0.29) is 11.2 Å². The smallest absolute Gasteiger partial charge is 0.321 e. The molecule has 3 rings (SSSR count). The van der Waals surface area contributed by atoms with E-state index in [0.717, 1.165) is 38.3 Å². The first-order valence-electron chi connectivity index (χ1n) is 10.3. The van der Waals surface area contributed by atoms with Gasteiger partial charge in [0, 0.05) is 26.7 Å². The number of aromatic nitrogens is 4. The first-order chi connectivity index (χ1) is 13.0. The van der Waals surface area contributed by atoms with E-state index in [9.17, 15) is 9.59 Å². The molecule has 7 heteroatoms. The van der Waals surface area contributed by atoms with Crippen LogP contribution in [-0.2, 0) is 27.2 Å². The number of nitrogens with zero attached hydrogens (tertiary/aromatic N) is 5. The van der Waals surface area contributed by atoms with Crippen LogP contribution in [0.3, 0.4) is 0 Å². The van der Waals surface area contributed by atoms with Crippen molar-refractivity contribution in [2.75, 3.05) is 6.54 Å². The third kappa shape index (κ3) is 3.88. The monoisotopic (exact) mass is 375 g/mol. The van der Waals surface area contributed by atoms with Crippen LogP contribution in [-0.4, -0.2) is 36.2 Å². The highest BCUT2D eigenvalue weighted by Crippen LogP contribution is 2.21. The Kier molecular flexibility index (Phi) is 6.19. The van der Waals surface area contributed by atoms with E-state index in [0.29, 0.717) is 17.2 Å². The van der Waals surface area contributed by atoms with Gasteiger partial charge in [0.2, 0.25) is 0 Å². The van der Waals surface area contributed by atoms with Crippen molar-refractivity contribution in [1.29, 1.82) is 0 Å². The lowest BCUT2D eigenvalue weighted by atomic mass is 10.0.